The van der Waals surface area contributed by atoms with E-state index in [1.165, 1.54) is 28.6 Å². The second-order valence-electron chi connectivity index (χ2n) is 4.41. The Bertz CT molecular complexity index is 484. The second kappa shape index (κ2) is 4.74. The summed E-state index contributed by atoms with van der Waals surface area (Å²) in [6.45, 7) is 2.47. The van der Waals surface area contributed by atoms with Crippen LogP contribution in [-0.4, -0.2) is 25.3 Å². The first-order valence-electron chi connectivity index (χ1n) is 5.79. The number of piperidine rings is 1. The molecule has 0 bridgehead atoms. The maximum Gasteiger partial charge on any atom is 0.243 e. The Kier molecular flexibility index (Phi) is 3.49. The van der Waals surface area contributed by atoms with Gasteiger partial charge in [0.25, 0.3) is 0 Å². The van der Waals surface area contributed by atoms with Crippen molar-refractivity contribution < 1.29 is 12.8 Å². The van der Waals surface area contributed by atoms with Crippen LogP contribution >= 0.6 is 0 Å². The Morgan fingerprint density at radius 1 is 1.24 bits per heavy atom. The van der Waals surface area contributed by atoms with Gasteiger partial charge in [-0.15, -0.1) is 0 Å². The van der Waals surface area contributed by atoms with Gasteiger partial charge in [-0.3, -0.25) is 0 Å². The quantitative estimate of drug-likeness (QED) is 0.815. The van der Waals surface area contributed by atoms with Crippen LogP contribution in [0.5, 0.6) is 0 Å². The molecule has 1 heterocycles. The Morgan fingerprint density at radius 3 is 2.47 bits per heavy atom. The van der Waals surface area contributed by atoms with Crippen LogP contribution in [0, 0.1) is 5.82 Å². The minimum Gasteiger partial charge on any atom is -0.207 e. The highest BCUT2D eigenvalue weighted by atomic mass is 32.2. The number of sulfonamides is 1. The fraction of sp³-hybridized carbons (Fsp3) is 0.500. The van der Waals surface area contributed by atoms with Crippen LogP contribution in [0.3, 0.4) is 0 Å². The van der Waals surface area contributed by atoms with E-state index >= 15 is 0 Å². The Hall–Kier alpha value is -0.940. The molecule has 0 N–H and O–H groups in total. The van der Waals surface area contributed by atoms with Crippen molar-refractivity contribution in [3.8, 4) is 0 Å². The molecule has 5 heteroatoms. The SMILES string of the molecule is C[C@H]1CCCCN1S(=O)(=O)c1ccc(F)cc1. The summed E-state index contributed by atoms with van der Waals surface area (Å²) in [6, 6.07) is 5.04. The highest BCUT2D eigenvalue weighted by molar-refractivity contribution is 7.89. The number of nitrogens with zero attached hydrogens (tertiary/aromatic N) is 1. The van der Waals surface area contributed by atoms with Gasteiger partial charge in [0.1, 0.15) is 5.82 Å². The largest absolute Gasteiger partial charge is 0.243 e. The fourth-order valence-corrected chi connectivity index (χ4v) is 3.87. The molecule has 1 aromatic carbocycles. The molecular formula is C12H16FNO2S. The molecule has 1 aromatic rings. The third-order valence-corrected chi connectivity index (χ3v) is 5.19. The summed E-state index contributed by atoms with van der Waals surface area (Å²) >= 11 is 0. The first-order chi connectivity index (χ1) is 8.01. The molecule has 1 aliphatic heterocycles. The molecule has 0 radical (unpaired) electrons. The van der Waals surface area contributed by atoms with Gasteiger partial charge in [-0.1, -0.05) is 6.42 Å². The molecule has 1 atom stereocenters. The smallest absolute Gasteiger partial charge is 0.207 e. The van der Waals surface area contributed by atoms with E-state index < -0.39 is 15.8 Å². The molecule has 3 nitrogen and oxygen atoms in total. The van der Waals surface area contributed by atoms with Gasteiger partial charge in [0.15, 0.2) is 0 Å². The molecule has 1 aliphatic rings. The molecular weight excluding hydrogens is 241 g/mol. The predicted molar refractivity (Wildman–Crippen MR) is 63.6 cm³/mol. The van der Waals surface area contributed by atoms with Crippen LogP contribution in [-0.2, 0) is 10.0 Å². The lowest BCUT2D eigenvalue weighted by atomic mass is 10.1. The zero-order valence-electron chi connectivity index (χ0n) is 9.77. The number of rotatable bonds is 2. The van der Waals surface area contributed by atoms with Crippen LogP contribution < -0.4 is 0 Å². The minimum atomic E-state index is -3.46. The van der Waals surface area contributed by atoms with Gasteiger partial charge in [-0.2, -0.15) is 4.31 Å². The zero-order valence-corrected chi connectivity index (χ0v) is 10.6. The maximum absolute atomic E-state index is 12.8. The topological polar surface area (TPSA) is 37.4 Å². The van der Waals surface area contributed by atoms with Gasteiger partial charge in [0, 0.05) is 12.6 Å². The summed E-state index contributed by atoms with van der Waals surface area (Å²) in [4.78, 5) is 0.174. The fourth-order valence-electron chi connectivity index (χ4n) is 2.17. The van der Waals surface area contributed by atoms with Gasteiger partial charge < -0.3 is 0 Å². The Morgan fingerprint density at radius 2 is 1.88 bits per heavy atom. The van der Waals surface area contributed by atoms with Crippen molar-refractivity contribution in [3.05, 3.63) is 30.1 Å². The molecule has 0 spiro atoms. The molecule has 17 heavy (non-hydrogen) atoms. The second-order valence-corrected chi connectivity index (χ2v) is 6.31. The zero-order chi connectivity index (χ0) is 12.5. The standard InChI is InChI=1S/C12H16FNO2S/c1-10-4-2-3-9-14(10)17(15,16)12-7-5-11(13)6-8-12/h5-8,10H,2-4,9H2,1H3/t10-/m0/s1. The van der Waals surface area contributed by atoms with E-state index in [4.69, 9.17) is 0 Å². The van der Waals surface area contributed by atoms with E-state index in [0.717, 1.165) is 19.3 Å². The Balaban J connectivity index is 2.32. The van der Waals surface area contributed by atoms with Gasteiger partial charge in [0.2, 0.25) is 10.0 Å². The Labute approximate surface area is 101 Å². The van der Waals surface area contributed by atoms with E-state index in [1.54, 1.807) is 0 Å². The van der Waals surface area contributed by atoms with Crippen LogP contribution in [0.15, 0.2) is 29.2 Å². The number of hydrogen-bond donors (Lipinski definition) is 0. The lowest BCUT2D eigenvalue weighted by molar-refractivity contribution is 0.268. The summed E-state index contributed by atoms with van der Waals surface area (Å²) in [5.74, 6) is -0.421. The average Bonchev–Trinajstić information content (AvgIpc) is 2.30. The molecule has 0 amide bonds. The molecule has 0 saturated carbocycles. The van der Waals surface area contributed by atoms with Crippen LogP contribution in [0.1, 0.15) is 26.2 Å². The molecule has 94 valence electrons. The first kappa shape index (κ1) is 12.5. The normalized spacial score (nSPS) is 22.6. The van der Waals surface area contributed by atoms with Gasteiger partial charge >= 0.3 is 0 Å². The highest BCUT2D eigenvalue weighted by Gasteiger charge is 2.30. The van der Waals surface area contributed by atoms with Crippen molar-refractivity contribution >= 4 is 10.0 Å². The van der Waals surface area contributed by atoms with Crippen molar-refractivity contribution in [3.63, 3.8) is 0 Å². The summed E-state index contributed by atoms with van der Waals surface area (Å²) in [6.07, 6.45) is 2.85. The third kappa shape index (κ3) is 2.50. The number of benzene rings is 1. The summed E-state index contributed by atoms with van der Waals surface area (Å²) in [7, 11) is -3.46. The van der Waals surface area contributed by atoms with Crippen molar-refractivity contribution in [2.75, 3.05) is 6.54 Å². The monoisotopic (exact) mass is 257 g/mol. The van der Waals surface area contributed by atoms with E-state index in [1.807, 2.05) is 6.92 Å². The molecule has 1 fully saturated rings. The van der Waals surface area contributed by atoms with Crippen molar-refractivity contribution in [2.24, 2.45) is 0 Å². The van der Waals surface area contributed by atoms with Gasteiger partial charge in [-0.25, -0.2) is 12.8 Å². The van der Waals surface area contributed by atoms with E-state index in [0.29, 0.717) is 6.54 Å². The third-order valence-electron chi connectivity index (χ3n) is 3.16. The van der Waals surface area contributed by atoms with Crippen LogP contribution in [0.4, 0.5) is 4.39 Å². The molecule has 2 rings (SSSR count). The maximum atomic E-state index is 12.8. The number of hydrogen-bond acceptors (Lipinski definition) is 2. The van der Waals surface area contributed by atoms with Crippen molar-refractivity contribution in [1.82, 2.24) is 4.31 Å². The van der Waals surface area contributed by atoms with Crippen molar-refractivity contribution in [1.29, 1.82) is 0 Å². The van der Waals surface area contributed by atoms with Gasteiger partial charge in [-0.05, 0) is 44.0 Å². The average molecular weight is 257 g/mol. The molecule has 0 unspecified atom stereocenters. The number of halogens is 1. The summed E-state index contributed by atoms with van der Waals surface area (Å²) in [5, 5.41) is 0. The lowest BCUT2D eigenvalue weighted by Gasteiger charge is -2.32. The molecule has 1 saturated heterocycles. The van der Waals surface area contributed by atoms with Gasteiger partial charge in [0.05, 0.1) is 4.90 Å². The van der Waals surface area contributed by atoms with E-state index in [9.17, 15) is 12.8 Å². The molecule has 0 aromatic heterocycles. The van der Waals surface area contributed by atoms with E-state index in [2.05, 4.69) is 0 Å². The summed E-state index contributed by atoms with van der Waals surface area (Å²) < 4.78 is 38.9. The van der Waals surface area contributed by atoms with Crippen molar-refractivity contribution in [2.45, 2.75) is 37.1 Å². The predicted octanol–water partition coefficient (Wildman–Crippen LogP) is 2.39. The first-order valence-corrected chi connectivity index (χ1v) is 7.23. The van der Waals surface area contributed by atoms with Crippen LogP contribution in [0.25, 0.3) is 0 Å². The summed E-state index contributed by atoms with van der Waals surface area (Å²) in [5.41, 5.74) is 0. The van der Waals surface area contributed by atoms with Crippen LogP contribution in [0.2, 0.25) is 0 Å². The van der Waals surface area contributed by atoms with E-state index in [-0.39, 0.29) is 10.9 Å². The highest BCUT2D eigenvalue weighted by Crippen LogP contribution is 2.24. The molecule has 0 aliphatic carbocycles. The lowest BCUT2D eigenvalue weighted by Crippen LogP contribution is -2.41. The minimum absolute atomic E-state index is 0.0267.